The molecule has 0 amide bonds. The summed E-state index contributed by atoms with van der Waals surface area (Å²) in [6.07, 6.45) is 1.12. The zero-order chi connectivity index (χ0) is 7.56. The number of likely N-dealkylation sites (N-methyl/N-ethyl adjacent to an activating group) is 1. The summed E-state index contributed by atoms with van der Waals surface area (Å²) in [6, 6.07) is 0.541. The molecular weight excluding hydrogens is 128 g/mol. The van der Waals surface area contributed by atoms with E-state index in [-0.39, 0.29) is 0 Å². The van der Waals surface area contributed by atoms with Crippen LogP contribution < -0.4 is 0 Å². The fourth-order valence-electron chi connectivity index (χ4n) is 1.37. The minimum absolute atomic E-state index is 0.541. The predicted molar refractivity (Wildman–Crippen MR) is 40.1 cm³/mol. The Balaban J connectivity index is 2.38. The predicted octanol–water partition coefficient (Wildman–Crippen LogP) is 0.402. The van der Waals surface area contributed by atoms with E-state index in [4.69, 9.17) is 5.21 Å². The van der Waals surface area contributed by atoms with Gasteiger partial charge < -0.3 is 10.1 Å². The molecule has 0 bridgehead atoms. The summed E-state index contributed by atoms with van der Waals surface area (Å²) in [6.45, 7) is 4.72. The van der Waals surface area contributed by atoms with Crippen LogP contribution in [0.1, 0.15) is 13.3 Å². The third-order valence-corrected chi connectivity index (χ3v) is 2.23. The monoisotopic (exact) mass is 144 g/mol. The third kappa shape index (κ3) is 1.68. The van der Waals surface area contributed by atoms with Gasteiger partial charge in [0.05, 0.1) is 0 Å². The number of piperazine rings is 1. The average molecular weight is 144 g/mol. The molecule has 3 nitrogen and oxygen atoms in total. The number of hydrogen-bond donors (Lipinski definition) is 1. The second-order valence-electron chi connectivity index (χ2n) is 2.96. The van der Waals surface area contributed by atoms with Gasteiger partial charge in [0.25, 0.3) is 0 Å². The highest BCUT2D eigenvalue weighted by Gasteiger charge is 2.20. The van der Waals surface area contributed by atoms with Crippen LogP contribution in [0.4, 0.5) is 0 Å². The molecule has 1 rings (SSSR count). The quantitative estimate of drug-likeness (QED) is 0.577. The zero-order valence-electron chi connectivity index (χ0n) is 6.75. The van der Waals surface area contributed by atoms with Crippen LogP contribution in [0.2, 0.25) is 0 Å². The van der Waals surface area contributed by atoms with Gasteiger partial charge in [-0.25, -0.2) is 0 Å². The van der Waals surface area contributed by atoms with E-state index in [0.29, 0.717) is 6.04 Å². The van der Waals surface area contributed by atoms with Crippen molar-refractivity contribution in [2.45, 2.75) is 19.4 Å². The Morgan fingerprint density at radius 2 is 2.20 bits per heavy atom. The van der Waals surface area contributed by atoms with Gasteiger partial charge in [-0.3, -0.25) is 0 Å². The molecule has 1 saturated heterocycles. The van der Waals surface area contributed by atoms with Gasteiger partial charge >= 0.3 is 0 Å². The molecule has 60 valence electrons. The van der Waals surface area contributed by atoms with Crippen molar-refractivity contribution in [1.29, 1.82) is 0 Å². The first-order valence-corrected chi connectivity index (χ1v) is 3.88. The molecule has 1 atom stereocenters. The lowest BCUT2D eigenvalue weighted by Gasteiger charge is -2.35. The normalized spacial score (nSPS) is 30.9. The SMILES string of the molecule is CCC1CN(O)CCN1C. The van der Waals surface area contributed by atoms with Crippen LogP contribution in [0.3, 0.4) is 0 Å². The Morgan fingerprint density at radius 3 is 2.70 bits per heavy atom. The van der Waals surface area contributed by atoms with Crippen molar-refractivity contribution in [3.05, 3.63) is 0 Å². The van der Waals surface area contributed by atoms with Gasteiger partial charge in [-0.2, -0.15) is 5.06 Å². The van der Waals surface area contributed by atoms with Crippen molar-refractivity contribution >= 4 is 0 Å². The van der Waals surface area contributed by atoms with Crippen molar-refractivity contribution in [3.8, 4) is 0 Å². The van der Waals surface area contributed by atoms with Crippen LogP contribution in [0, 0.1) is 0 Å². The fourth-order valence-corrected chi connectivity index (χ4v) is 1.37. The molecule has 3 heteroatoms. The molecule has 10 heavy (non-hydrogen) atoms. The summed E-state index contributed by atoms with van der Waals surface area (Å²) in [5.41, 5.74) is 0. The molecule has 0 aliphatic carbocycles. The molecule has 1 aliphatic rings. The standard InChI is InChI=1S/C7H16N2O/c1-3-7-6-9(10)5-4-8(7)2/h7,10H,3-6H2,1-2H3. The highest BCUT2D eigenvalue weighted by molar-refractivity contribution is 4.74. The van der Waals surface area contributed by atoms with Crippen LogP contribution in [-0.2, 0) is 0 Å². The van der Waals surface area contributed by atoms with Gasteiger partial charge in [-0.1, -0.05) is 6.92 Å². The Morgan fingerprint density at radius 1 is 1.50 bits per heavy atom. The first kappa shape index (κ1) is 7.98. The van der Waals surface area contributed by atoms with E-state index < -0.39 is 0 Å². The maximum Gasteiger partial charge on any atom is 0.0394 e. The molecule has 0 aromatic rings. The van der Waals surface area contributed by atoms with Gasteiger partial charge in [0.15, 0.2) is 0 Å². The lowest BCUT2D eigenvalue weighted by molar-refractivity contribution is -0.130. The van der Waals surface area contributed by atoms with Crippen LogP contribution >= 0.6 is 0 Å². The first-order chi connectivity index (χ1) is 4.74. The van der Waals surface area contributed by atoms with Gasteiger partial charge in [0, 0.05) is 25.7 Å². The van der Waals surface area contributed by atoms with Crippen molar-refractivity contribution in [3.63, 3.8) is 0 Å². The largest absolute Gasteiger partial charge is 0.314 e. The van der Waals surface area contributed by atoms with E-state index >= 15 is 0 Å². The van der Waals surface area contributed by atoms with E-state index in [1.54, 1.807) is 0 Å². The highest BCUT2D eigenvalue weighted by Crippen LogP contribution is 2.07. The molecule has 1 fully saturated rings. The van der Waals surface area contributed by atoms with Gasteiger partial charge in [0.1, 0.15) is 0 Å². The smallest absolute Gasteiger partial charge is 0.0394 e. The summed E-state index contributed by atoms with van der Waals surface area (Å²) in [5.74, 6) is 0. The molecule has 1 heterocycles. The number of hydroxylamine groups is 2. The molecule has 0 spiro atoms. The van der Waals surface area contributed by atoms with Gasteiger partial charge in [-0.05, 0) is 13.5 Å². The third-order valence-electron chi connectivity index (χ3n) is 2.23. The molecule has 1 N–H and O–H groups in total. The Kier molecular flexibility index (Phi) is 2.65. The van der Waals surface area contributed by atoms with E-state index in [1.165, 1.54) is 5.06 Å². The Bertz CT molecular complexity index is 108. The average Bonchev–Trinajstić information content (AvgIpc) is 1.94. The summed E-state index contributed by atoms with van der Waals surface area (Å²) in [7, 11) is 2.11. The molecule has 0 aromatic carbocycles. The van der Waals surface area contributed by atoms with Crippen molar-refractivity contribution in [1.82, 2.24) is 9.96 Å². The van der Waals surface area contributed by atoms with Gasteiger partial charge in [0.2, 0.25) is 0 Å². The second kappa shape index (κ2) is 3.32. The van der Waals surface area contributed by atoms with Gasteiger partial charge in [-0.15, -0.1) is 0 Å². The summed E-state index contributed by atoms with van der Waals surface area (Å²) in [5, 5.41) is 10.5. The molecule has 1 unspecified atom stereocenters. The minimum atomic E-state index is 0.541. The second-order valence-corrected chi connectivity index (χ2v) is 2.96. The van der Waals surface area contributed by atoms with Crippen molar-refractivity contribution in [2.24, 2.45) is 0 Å². The van der Waals surface area contributed by atoms with Crippen LogP contribution in [-0.4, -0.2) is 47.9 Å². The van der Waals surface area contributed by atoms with E-state index in [0.717, 1.165) is 26.1 Å². The Hall–Kier alpha value is -0.120. The molecule has 1 aliphatic heterocycles. The molecule has 0 saturated carbocycles. The fraction of sp³-hybridized carbons (Fsp3) is 1.00. The maximum atomic E-state index is 9.14. The number of nitrogens with zero attached hydrogens (tertiary/aromatic N) is 2. The molecule has 0 radical (unpaired) electrons. The van der Waals surface area contributed by atoms with Crippen LogP contribution in [0.15, 0.2) is 0 Å². The highest BCUT2D eigenvalue weighted by atomic mass is 16.5. The number of rotatable bonds is 1. The zero-order valence-corrected chi connectivity index (χ0v) is 6.75. The van der Waals surface area contributed by atoms with Crippen molar-refractivity contribution < 1.29 is 5.21 Å². The summed E-state index contributed by atoms with van der Waals surface area (Å²) < 4.78 is 0. The first-order valence-electron chi connectivity index (χ1n) is 3.88. The minimum Gasteiger partial charge on any atom is -0.314 e. The summed E-state index contributed by atoms with van der Waals surface area (Å²) in [4.78, 5) is 2.30. The van der Waals surface area contributed by atoms with E-state index in [2.05, 4.69) is 18.9 Å². The lowest BCUT2D eigenvalue weighted by Crippen LogP contribution is -2.49. The maximum absolute atomic E-state index is 9.14. The van der Waals surface area contributed by atoms with Crippen LogP contribution in [0.25, 0.3) is 0 Å². The number of hydrogen-bond acceptors (Lipinski definition) is 3. The van der Waals surface area contributed by atoms with Crippen LogP contribution in [0.5, 0.6) is 0 Å². The summed E-state index contributed by atoms with van der Waals surface area (Å²) >= 11 is 0. The van der Waals surface area contributed by atoms with Crippen molar-refractivity contribution in [2.75, 3.05) is 26.7 Å². The van der Waals surface area contributed by atoms with E-state index in [1.807, 2.05) is 0 Å². The van der Waals surface area contributed by atoms with E-state index in [9.17, 15) is 0 Å². The lowest BCUT2D eigenvalue weighted by atomic mass is 10.1. The molecule has 0 aromatic heterocycles. The topological polar surface area (TPSA) is 26.7 Å². The Labute approximate surface area is 62.2 Å². The molecular formula is C7H16N2O.